The number of hydrogen-bond donors (Lipinski definition) is 1. The van der Waals surface area contributed by atoms with Crippen LogP contribution in [0.1, 0.15) is 40.3 Å². The van der Waals surface area contributed by atoms with Crippen LogP contribution in [0.3, 0.4) is 0 Å². The predicted octanol–water partition coefficient (Wildman–Crippen LogP) is 1.91. The van der Waals surface area contributed by atoms with Crippen molar-refractivity contribution in [1.29, 1.82) is 0 Å². The summed E-state index contributed by atoms with van der Waals surface area (Å²) in [6.45, 7) is 4.62. The van der Waals surface area contributed by atoms with E-state index < -0.39 is 22.8 Å². The maximum atomic E-state index is 12.2. The zero-order valence-electron chi connectivity index (χ0n) is 15.3. The third-order valence-electron chi connectivity index (χ3n) is 3.94. The van der Waals surface area contributed by atoms with E-state index in [0.717, 1.165) is 0 Å². The number of carbonyl (C=O) groups excluding carboxylic acids is 2. The molecule has 10 nitrogen and oxygen atoms in total. The van der Waals surface area contributed by atoms with Gasteiger partial charge in [-0.1, -0.05) is 12.1 Å². The van der Waals surface area contributed by atoms with E-state index in [2.05, 4.69) is 20.4 Å². The summed E-state index contributed by atoms with van der Waals surface area (Å²) in [5.74, 6) is -0.919. The first-order chi connectivity index (χ1) is 12.8. The van der Waals surface area contributed by atoms with Crippen LogP contribution in [0.4, 0.5) is 5.69 Å². The summed E-state index contributed by atoms with van der Waals surface area (Å²) in [6, 6.07) is 5.67. The van der Waals surface area contributed by atoms with Gasteiger partial charge in [-0.15, -0.1) is 0 Å². The molecule has 27 heavy (non-hydrogen) atoms. The zero-order chi connectivity index (χ0) is 20.1. The fourth-order valence-electron chi connectivity index (χ4n) is 2.49. The maximum Gasteiger partial charge on any atom is 0.337 e. The van der Waals surface area contributed by atoms with Crippen molar-refractivity contribution in [3.8, 4) is 0 Å². The van der Waals surface area contributed by atoms with E-state index in [-0.39, 0.29) is 11.4 Å². The van der Waals surface area contributed by atoms with Gasteiger partial charge in [-0.25, -0.2) is 10.2 Å². The number of amides is 1. The molecule has 0 saturated carbocycles. The number of benzene rings is 1. The Morgan fingerprint density at radius 2 is 1.96 bits per heavy atom. The van der Waals surface area contributed by atoms with Crippen LogP contribution < -0.4 is 5.43 Å². The molecule has 2 rings (SSSR count). The molecule has 1 amide bonds. The predicted molar refractivity (Wildman–Crippen MR) is 96.6 cm³/mol. The van der Waals surface area contributed by atoms with Crippen LogP contribution in [0.5, 0.6) is 0 Å². The normalized spacial score (nSPS) is 12.0. The molecule has 1 N–H and O–H groups in total. The molecule has 0 spiro atoms. The molecule has 1 aromatic heterocycles. The fraction of sp³-hybridized carbons (Fsp3) is 0.294. The summed E-state index contributed by atoms with van der Waals surface area (Å²) < 4.78 is 5.91. The number of methoxy groups -OCH3 is 1. The minimum Gasteiger partial charge on any atom is -0.465 e. The molecule has 0 fully saturated rings. The number of esters is 1. The summed E-state index contributed by atoms with van der Waals surface area (Å²) >= 11 is 0. The summed E-state index contributed by atoms with van der Waals surface area (Å²) in [5.41, 5.74) is 3.87. The van der Waals surface area contributed by atoms with Crippen LogP contribution in [0.2, 0.25) is 0 Å². The Morgan fingerprint density at radius 3 is 2.48 bits per heavy atom. The van der Waals surface area contributed by atoms with Crippen LogP contribution in [0.15, 0.2) is 29.4 Å². The van der Waals surface area contributed by atoms with Gasteiger partial charge in [0.1, 0.15) is 17.4 Å². The van der Waals surface area contributed by atoms with Crippen molar-refractivity contribution in [2.45, 2.75) is 26.8 Å². The molecule has 0 saturated heterocycles. The van der Waals surface area contributed by atoms with E-state index in [1.807, 2.05) is 0 Å². The topological polar surface area (TPSA) is 129 Å². The number of nitrogens with zero attached hydrogens (tertiary/aromatic N) is 4. The highest BCUT2D eigenvalue weighted by Crippen LogP contribution is 2.24. The number of hydrazone groups is 1. The van der Waals surface area contributed by atoms with Gasteiger partial charge in [-0.3, -0.25) is 19.6 Å². The van der Waals surface area contributed by atoms with Gasteiger partial charge in [0.25, 0.3) is 5.91 Å². The van der Waals surface area contributed by atoms with E-state index in [9.17, 15) is 19.7 Å². The Bertz CT molecular complexity index is 901. The van der Waals surface area contributed by atoms with Gasteiger partial charge in [0.05, 0.1) is 23.8 Å². The SMILES string of the molecule is COC(=O)c1ccc(C=NNC(=O)C(C)n2nc(C)c([N+](=O)[O-])c2C)cc1. The lowest BCUT2D eigenvalue weighted by atomic mass is 10.1. The highest BCUT2D eigenvalue weighted by Gasteiger charge is 2.26. The van der Waals surface area contributed by atoms with E-state index in [4.69, 9.17) is 0 Å². The maximum absolute atomic E-state index is 12.2. The van der Waals surface area contributed by atoms with E-state index >= 15 is 0 Å². The van der Waals surface area contributed by atoms with E-state index in [1.165, 1.54) is 31.9 Å². The number of nitrogens with one attached hydrogen (secondary N) is 1. The Hall–Kier alpha value is -3.56. The first-order valence-corrected chi connectivity index (χ1v) is 7.97. The van der Waals surface area contributed by atoms with E-state index in [0.29, 0.717) is 16.8 Å². The molecule has 1 atom stereocenters. The van der Waals surface area contributed by atoms with Gasteiger partial charge in [0.2, 0.25) is 0 Å². The molecule has 10 heteroatoms. The number of aryl methyl sites for hydroxylation is 1. The lowest BCUT2D eigenvalue weighted by Crippen LogP contribution is -2.28. The van der Waals surface area contributed by atoms with Gasteiger partial charge in [-0.05, 0) is 38.5 Å². The van der Waals surface area contributed by atoms with Crippen LogP contribution in [0.25, 0.3) is 0 Å². The molecule has 0 radical (unpaired) electrons. The number of hydrogen-bond acceptors (Lipinski definition) is 7. The quantitative estimate of drug-likeness (QED) is 0.356. The highest BCUT2D eigenvalue weighted by atomic mass is 16.6. The molecular formula is C17H19N5O5. The van der Waals surface area contributed by atoms with Crippen LogP contribution in [0, 0.1) is 24.0 Å². The molecule has 0 aliphatic rings. The first kappa shape index (κ1) is 19.8. The lowest BCUT2D eigenvalue weighted by molar-refractivity contribution is -0.386. The number of aromatic nitrogens is 2. The number of nitro groups is 1. The summed E-state index contributed by atoms with van der Waals surface area (Å²) in [6.07, 6.45) is 1.41. The monoisotopic (exact) mass is 373 g/mol. The summed E-state index contributed by atoms with van der Waals surface area (Å²) in [5, 5.41) is 19.0. The van der Waals surface area contributed by atoms with Gasteiger partial charge < -0.3 is 4.74 Å². The third-order valence-corrected chi connectivity index (χ3v) is 3.94. The molecule has 0 bridgehead atoms. The van der Waals surface area contributed by atoms with Crippen molar-refractivity contribution in [2.24, 2.45) is 5.10 Å². The average molecular weight is 373 g/mol. The standard InChI is InChI=1S/C17H19N5O5/c1-10-15(22(25)26)11(2)21(20-10)12(3)16(23)19-18-9-13-5-7-14(8-6-13)17(24)27-4/h5-9,12H,1-4H3,(H,19,23). The average Bonchev–Trinajstić information content (AvgIpc) is 2.95. The molecule has 1 heterocycles. The Balaban J connectivity index is 2.05. The molecule has 0 aliphatic heterocycles. The van der Waals surface area contributed by atoms with Crippen LogP contribution in [-0.2, 0) is 9.53 Å². The molecular weight excluding hydrogens is 354 g/mol. The molecule has 1 aromatic carbocycles. The highest BCUT2D eigenvalue weighted by molar-refractivity contribution is 5.91. The first-order valence-electron chi connectivity index (χ1n) is 7.97. The smallest absolute Gasteiger partial charge is 0.337 e. The van der Waals surface area contributed by atoms with Crippen LogP contribution >= 0.6 is 0 Å². The van der Waals surface area contributed by atoms with Crippen molar-refractivity contribution in [2.75, 3.05) is 7.11 Å². The van der Waals surface area contributed by atoms with Gasteiger partial charge >= 0.3 is 11.7 Å². The summed E-state index contributed by atoms with van der Waals surface area (Å²) in [4.78, 5) is 34.2. The third kappa shape index (κ3) is 4.35. The molecule has 2 aromatic rings. The Morgan fingerprint density at radius 1 is 1.33 bits per heavy atom. The van der Waals surface area contributed by atoms with Gasteiger partial charge in [0, 0.05) is 0 Å². The van der Waals surface area contributed by atoms with Crippen molar-refractivity contribution < 1.29 is 19.2 Å². The Kier molecular flexibility index (Phi) is 6.01. The second-order valence-electron chi connectivity index (χ2n) is 5.74. The largest absolute Gasteiger partial charge is 0.465 e. The minimum absolute atomic E-state index is 0.108. The molecule has 0 aliphatic carbocycles. The molecule has 1 unspecified atom stereocenters. The number of ether oxygens (including phenoxy) is 1. The summed E-state index contributed by atoms with van der Waals surface area (Å²) in [7, 11) is 1.30. The van der Waals surface area contributed by atoms with E-state index in [1.54, 1.807) is 31.2 Å². The van der Waals surface area contributed by atoms with Crippen molar-refractivity contribution in [3.63, 3.8) is 0 Å². The zero-order valence-corrected chi connectivity index (χ0v) is 15.3. The van der Waals surface area contributed by atoms with Crippen molar-refractivity contribution in [3.05, 3.63) is 56.9 Å². The van der Waals surface area contributed by atoms with Crippen molar-refractivity contribution in [1.82, 2.24) is 15.2 Å². The lowest BCUT2D eigenvalue weighted by Gasteiger charge is -2.11. The van der Waals surface area contributed by atoms with Gasteiger partial charge in [0.15, 0.2) is 0 Å². The fourth-order valence-corrected chi connectivity index (χ4v) is 2.49. The van der Waals surface area contributed by atoms with Crippen molar-refractivity contribution >= 4 is 23.8 Å². The number of carbonyl (C=O) groups is 2. The second kappa shape index (κ2) is 8.21. The van der Waals surface area contributed by atoms with Crippen LogP contribution in [-0.4, -0.2) is 39.9 Å². The minimum atomic E-state index is -0.781. The number of rotatable bonds is 6. The molecule has 142 valence electrons. The van der Waals surface area contributed by atoms with Gasteiger partial charge in [-0.2, -0.15) is 10.2 Å². The second-order valence-corrected chi connectivity index (χ2v) is 5.74. The Labute approximate surface area is 155 Å².